The molecule has 0 aliphatic carbocycles. The Morgan fingerprint density at radius 1 is 1.36 bits per heavy atom. The number of allylic oxidation sites excluding steroid dienone is 8. The van der Waals surface area contributed by atoms with Gasteiger partial charge < -0.3 is 10.0 Å². The Balaban J connectivity index is 0. The summed E-state index contributed by atoms with van der Waals surface area (Å²) in [5.74, 6) is 2.25. The summed E-state index contributed by atoms with van der Waals surface area (Å²) in [5.41, 5.74) is 2.27. The second-order valence-corrected chi connectivity index (χ2v) is 5.79. The van der Waals surface area contributed by atoms with Crippen LogP contribution < -0.4 is 0 Å². The Bertz CT molecular complexity index is 617. The Morgan fingerprint density at radius 2 is 2.04 bits per heavy atom. The van der Waals surface area contributed by atoms with E-state index < -0.39 is 6.09 Å². The van der Waals surface area contributed by atoms with Crippen molar-refractivity contribution in [3.8, 4) is 12.3 Å². The van der Waals surface area contributed by atoms with Gasteiger partial charge in [0.15, 0.2) is 0 Å². The molecule has 1 amide bonds. The van der Waals surface area contributed by atoms with E-state index in [2.05, 4.69) is 49.2 Å². The van der Waals surface area contributed by atoms with Crippen LogP contribution in [0.25, 0.3) is 0 Å². The van der Waals surface area contributed by atoms with Crippen molar-refractivity contribution in [3.63, 3.8) is 0 Å². The lowest BCUT2D eigenvalue weighted by molar-refractivity contribution is 0.149. The van der Waals surface area contributed by atoms with Gasteiger partial charge in [0.1, 0.15) is 0 Å². The molecule has 28 heavy (non-hydrogen) atoms. The van der Waals surface area contributed by atoms with Gasteiger partial charge in [0.05, 0.1) is 0 Å². The minimum atomic E-state index is -0.839. The molecule has 0 spiro atoms. The first-order chi connectivity index (χ1) is 13.5. The molecule has 1 heterocycles. The number of terminal acetylenes is 1. The van der Waals surface area contributed by atoms with Crippen LogP contribution in [0.4, 0.5) is 4.79 Å². The van der Waals surface area contributed by atoms with Crippen LogP contribution in [-0.4, -0.2) is 35.9 Å². The Labute approximate surface area is 171 Å². The molecule has 0 bridgehead atoms. The SMILES string of the molecule is C#CC.C/C=C\C=C/CC.C=N/C(=C\C=C/CC1=CCN(C(=O)O)CC1)CC. The van der Waals surface area contributed by atoms with E-state index >= 15 is 0 Å². The van der Waals surface area contributed by atoms with Crippen molar-refractivity contribution in [3.05, 3.63) is 59.9 Å². The van der Waals surface area contributed by atoms with E-state index in [9.17, 15) is 4.79 Å². The molecule has 0 aromatic heterocycles. The third-order valence-electron chi connectivity index (χ3n) is 3.62. The van der Waals surface area contributed by atoms with E-state index in [1.807, 2.05) is 44.2 Å². The third-order valence-corrected chi connectivity index (χ3v) is 3.62. The third kappa shape index (κ3) is 16.7. The maximum Gasteiger partial charge on any atom is 0.407 e. The van der Waals surface area contributed by atoms with Crippen molar-refractivity contribution in [1.82, 2.24) is 4.90 Å². The fraction of sp³-hybridized carbons (Fsp3) is 0.417. The second-order valence-electron chi connectivity index (χ2n) is 5.79. The molecule has 4 heteroatoms. The summed E-state index contributed by atoms with van der Waals surface area (Å²) in [7, 11) is 0. The molecule has 0 saturated carbocycles. The van der Waals surface area contributed by atoms with E-state index in [-0.39, 0.29) is 0 Å². The molecule has 1 N–H and O–H groups in total. The van der Waals surface area contributed by atoms with Gasteiger partial charge in [-0.1, -0.05) is 62.0 Å². The van der Waals surface area contributed by atoms with Crippen molar-refractivity contribution < 1.29 is 9.90 Å². The van der Waals surface area contributed by atoms with Crippen molar-refractivity contribution in [1.29, 1.82) is 0 Å². The minimum Gasteiger partial charge on any atom is -0.465 e. The largest absolute Gasteiger partial charge is 0.465 e. The van der Waals surface area contributed by atoms with Crippen LogP contribution in [0, 0.1) is 12.3 Å². The zero-order valence-electron chi connectivity index (χ0n) is 17.9. The summed E-state index contributed by atoms with van der Waals surface area (Å²) in [4.78, 5) is 16.0. The summed E-state index contributed by atoms with van der Waals surface area (Å²) < 4.78 is 0. The molecule has 0 saturated heterocycles. The second kappa shape index (κ2) is 20.5. The predicted molar refractivity (Wildman–Crippen MR) is 123 cm³/mol. The fourth-order valence-corrected chi connectivity index (χ4v) is 2.08. The van der Waals surface area contributed by atoms with Gasteiger partial charge in [-0.2, -0.15) is 0 Å². The molecular formula is C24H36N2O2. The quantitative estimate of drug-likeness (QED) is 0.239. The molecule has 154 valence electrons. The van der Waals surface area contributed by atoms with Gasteiger partial charge in [0.25, 0.3) is 0 Å². The standard InChI is InChI=1S/C14H20N2O2.C7H12.C3H4/c1-3-13(15-2)7-5-4-6-12-8-10-16(11-9-12)14(17)18;1-3-5-7-6-4-2;1-3-2/h4-5,7-8H,2-3,6,9-11H2,1H3,(H,17,18);3,5-7H,4H2,1-2H3;1H,2H3/b5-4-,13-7-;5-3-,7-6-;. The summed E-state index contributed by atoms with van der Waals surface area (Å²) in [6.07, 6.45) is 23.7. The number of rotatable bonds is 7. The lowest BCUT2D eigenvalue weighted by Gasteiger charge is -2.23. The Kier molecular flexibility index (Phi) is 20.1. The molecular weight excluding hydrogens is 348 g/mol. The van der Waals surface area contributed by atoms with E-state index in [1.54, 1.807) is 6.92 Å². The molecule has 1 aliphatic rings. The van der Waals surface area contributed by atoms with Crippen molar-refractivity contribution >= 4 is 12.8 Å². The monoisotopic (exact) mass is 384 g/mol. The number of amides is 1. The van der Waals surface area contributed by atoms with Crippen molar-refractivity contribution in [2.45, 2.75) is 53.4 Å². The average molecular weight is 385 g/mol. The lowest BCUT2D eigenvalue weighted by atomic mass is 10.0. The Morgan fingerprint density at radius 3 is 2.46 bits per heavy atom. The molecule has 1 rings (SSSR count). The molecule has 0 fully saturated rings. The van der Waals surface area contributed by atoms with E-state index in [4.69, 9.17) is 5.11 Å². The maximum absolute atomic E-state index is 10.7. The molecule has 0 aromatic rings. The van der Waals surface area contributed by atoms with Crippen LogP contribution >= 0.6 is 0 Å². The Hall–Kier alpha value is -2.80. The smallest absolute Gasteiger partial charge is 0.407 e. The fourth-order valence-electron chi connectivity index (χ4n) is 2.08. The highest BCUT2D eigenvalue weighted by Crippen LogP contribution is 2.15. The summed E-state index contributed by atoms with van der Waals surface area (Å²) in [6.45, 7) is 12.4. The van der Waals surface area contributed by atoms with Crippen LogP contribution in [0.5, 0.6) is 0 Å². The topological polar surface area (TPSA) is 52.9 Å². The van der Waals surface area contributed by atoms with Crippen LogP contribution in [0.15, 0.2) is 64.9 Å². The zero-order chi connectivity index (χ0) is 21.6. The van der Waals surface area contributed by atoms with Gasteiger partial charge >= 0.3 is 6.09 Å². The summed E-state index contributed by atoms with van der Waals surface area (Å²) in [5, 5.41) is 8.81. The first-order valence-electron chi connectivity index (χ1n) is 9.63. The van der Waals surface area contributed by atoms with Gasteiger partial charge in [-0.05, 0) is 52.3 Å². The van der Waals surface area contributed by atoms with Crippen LogP contribution in [-0.2, 0) is 0 Å². The predicted octanol–water partition coefficient (Wildman–Crippen LogP) is 6.41. The first-order valence-corrected chi connectivity index (χ1v) is 9.63. The molecule has 0 aromatic carbocycles. The molecule has 0 atom stereocenters. The highest BCUT2D eigenvalue weighted by molar-refractivity contribution is 5.65. The molecule has 0 unspecified atom stereocenters. The molecule has 0 radical (unpaired) electrons. The van der Waals surface area contributed by atoms with Crippen LogP contribution in [0.1, 0.15) is 53.4 Å². The van der Waals surface area contributed by atoms with Crippen molar-refractivity contribution in [2.75, 3.05) is 13.1 Å². The van der Waals surface area contributed by atoms with E-state index in [0.29, 0.717) is 13.1 Å². The first kappa shape index (κ1) is 27.4. The molecule has 1 aliphatic heterocycles. The summed E-state index contributed by atoms with van der Waals surface area (Å²) >= 11 is 0. The van der Waals surface area contributed by atoms with Crippen LogP contribution in [0.2, 0.25) is 0 Å². The number of hydrogen-bond donors (Lipinski definition) is 1. The lowest BCUT2D eigenvalue weighted by Crippen LogP contribution is -2.33. The van der Waals surface area contributed by atoms with Gasteiger partial charge in [0, 0.05) is 18.8 Å². The zero-order valence-corrected chi connectivity index (χ0v) is 17.9. The molecule has 4 nitrogen and oxygen atoms in total. The maximum atomic E-state index is 10.7. The van der Waals surface area contributed by atoms with Gasteiger partial charge in [0.2, 0.25) is 0 Å². The van der Waals surface area contributed by atoms with E-state index in [1.165, 1.54) is 10.5 Å². The normalized spacial score (nSPS) is 14.0. The number of hydrogen-bond acceptors (Lipinski definition) is 2. The highest BCUT2D eigenvalue weighted by atomic mass is 16.4. The minimum absolute atomic E-state index is 0.503. The van der Waals surface area contributed by atoms with Gasteiger partial charge in [-0.25, -0.2) is 4.79 Å². The van der Waals surface area contributed by atoms with Gasteiger partial charge in [-0.15, -0.1) is 12.3 Å². The summed E-state index contributed by atoms with van der Waals surface area (Å²) in [6, 6.07) is 0. The van der Waals surface area contributed by atoms with Gasteiger partial charge in [-0.3, -0.25) is 4.99 Å². The van der Waals surface area contributed by atoms with Crippen LogP contribution in [0.3, 0.4) is 0 Å². The number of aliphatic imine (C=N–C) groups is 1. The van der Waals surface area contributed by atoms with E-state index in [0.717, 1.165) is 31.4 Å². The number of carboxylic acid groups (broad SMARTS) is 1. The highest BCUT2D eigenvalue weighted by Gasteiger charge is 2.14. The average Bonchev–Trinajstić information content (AvgIpc) is 2.70. The number of carbonyl (C=O) groups is 1. The number of nitrogens with zero attached hydrogens (tertiary/aromatic N) is 2. The van der Waals surface area contributed by atoms with Crippen molar-refractivity contribution in [2.24, 2.45) is 4.99 Å².